The van der Waals surface area contributed by atoms with Gasteiger partial charge in [0.1, 0.15) is 0 Å². The first-order valence-electron chi connectivity index (χ1n) is 8.58. The number of carbonyl (C=O) groups excluding carboxylic acids is 3. The van der Waals surface area contributed by atoms with Crippen LogP contribution in [0.15, 0.2) is 60.7 Å². The Morgan fingerprint density at radius 1 is 0.607 bits per heavy atom. The summed E-state index contributed by atoms with van der Waals surface area (Å²) in [6.45, 7) is 0. The number of carbonyl (C=O) groups is 3. The van der Waals surface area contributed by atoms with Crippen molar-refractivity contribution in [2.75, 3.05) is 0 Å². The average Bonchev–Trinajstić information content (AvgIpc) is 3.17. The molecule has 0 saturated carbocycles. The van der Waals surface area contributed by atoms with Crippen molar-refractivity contribution in [1.82, 2.24) is 0 Å². The maximum absolute atomic E-state index is 12.6. The van der Waals surface area contributed by atoms with Gasteiger partial charge in [0.25, 0.3) is 0 Å². The van der Waals surface area contributed by atoms with E-state index >= 15 is 0 Å². The molecular weight excluding hydrogens is 360 g/mol. The van der Waals surface area contributed by atoms with Crippen LogP contribution in [-0.4, -0.2) is 23.0 Å². The monoisotopic (exact) mass is 372 g/mol. The highest BCUT2D eigenvalue weighted by atomic mass is 16.6. The smallest absolute Gasteiger partial charge is 0.347 e. The summed E-state index contributed by atoms with van der Waals surface area (Å²) in [5, 5.41) is 10.5. The second-order valence-corrected chi connectivity index (χ2v) is 6.46. The summed E-state index contributed by atoms with van der Waals surface area (Å²) < 4.78 is 9.82. The first-order chi connectivity index (χ1) is 13.6. The fourth-order valence-electron chi connectivity index (χ4n) is 3.84. The number of ether oxygens (including phenoxy) is 2. The van der Waals surface area contributed by atoms with Crippen LogP contribution in [-0.2, 0) is 9.47 Å². The van der Waals surface area contributed by atoms with Gasteiger partial charge in [0, 0.05) is 16.7 Å². The molecule has 136 valence electrons. The van der Waals surface area contributed by atoms with Crippen LogP contribution >= 0.6 is 0 Å². The normalized spacial score (nSPS) is 17.2. The number of rotatable bonds is 2. The number of hydrogen-bond donors (Lipinski definition) is 1. The molecule has 0 radical (unpaired) electrons. The zero-order valence-corrected chi connectivity index (χ0v) is 14.3. The number of hydrogen-bond acceptors (Lipinski definition) is 6. The lowest BCUT2D eigenvalue weighted by Gasteiger charge is -2.18. The van der Waals surface area contributed by atoms with Crippen molar-refractivity contribution in [3.8, 4) is 22.3 Å². The van der Waals surface area contributed by atoms with E-state index in [0.29, 0.717) is 22.3 Å². The number of esters is 3. The molecule has 6 nitrogen and oxygen atoms in total. The molecule has 0 spiro atoms. The maximum Gasteiger partial charge on any atom is 0.347 e. The second kappa shape index (κ2) is 5.87. The molecule has 0 aromatic heterocycles. The van der Waals surface area contributed by atoms with Crippen LogP contribution < -0.4 is 0 Å². The number of cyclic esters (lactones) is 3. The molecular formula is C22H12O6. The molecule has 3 aromatic rings. The largest absolute Gasteiger partial charge is 0.428 e. The topological polar surface area (TPSA) is 89.9 Å². The Morgan fingerprint density at radius 2 is 1.11 bits per heavy atom. The fourth-order valence-corrected chi connectivity index (χ4v) is 3.84. The molecule has 2 aliphatic rings. The van der Waals surface area contributed by atoms with Crippen LogP contribution in [0.4, 0.5) is 0 Å². The summed E-state index contributed by atoms with van der Waals surface area (Å²) in [7, 11) is 0. The lowest BCUT2D eigenvalue weighted by molar-refractivity contribution is -0.0545. The highest BCUT2D eigenvalue weighted by molar-refractivity contribution is 6.24. The molecule has 5 rings (SSSR count). The van der Waals surface area contributed by atoms with Crippen LogP contribution in [0.25, 0.3) is 22.3 Å². The Hall–Kier alpha value is -3.77. The minimum absolute atomic E-state index is 0.0138. The van der Waals surface area contributed by atoms with Crippen LogP contribution in [0, 0.1) is 0 Å². The van der Waals surface area contributed by atoms with E-state index in [-0.39, 0.29) is 22.3 Å². The number of benzene rings is 3. The molecule has 1 unspecified atom stereocenters. The number of aliphatic hydroxyl groups excluding tert-OH is 1. The number of fused-ring (bicyclic) bond motifs is 3. The van der Waals surface area contributed by atoms with Gasteiger partial charge in [-0.15, -0.1) is 0 Å². The SMILES string of the molecule is O=C1OC(=O)c2c1c1c(c(-c3ccccc3)c2-c2ccccc2)C(O)OC1=O. The van der Waals surface area contributed by atoms with Gasteiger partial charge in [-0.1, -0.05) is 60.7 Å². The van der Waals surface area contributed by atoms with Gasteiger partial charge in [-0.3, -0.25) is 0 Å². The predicted octanol–water partition coefficient (Wildman–Crippen LogP) is 3.49. The summed E-state index contributed by atoms with van der Waals surface area (Å²) in [6, 6.07) is 18.0. The predicted molar refractivity (Wildman–Crippen MR) is 97.4 cm³/mol. The van der Waals surface area contributed by atoms with E-state index < -0.39 is 24.2 Å². The Labute approximate surface area is 158 Å². The summed E-state index contributed by atoms with van der Waals surface area (Å²) in [5.41, 5.74) is 2.13. The van der Waals surface area contributed by atoms with E-state index in [9.17, 15) is 19.5 Å². The third-order valence-corrected chi connectivity index (χ3v) is 4.93. The first kappa shape index (κ1) is 16.4. The van der Waals surface area contributed by atoms with Gasteiger partial charge in [0.2, 0.25) is 6.29 Å². The van der Waals surface area contributed by atoms with Gasteiger partial charge < -0.3 is 14.6 Å². The van der Waals surface area contributed by atoms with Gasteiger partial charge in [-0.2, -0.15) is 0 Å². The van der Waals surface area contributed by atoms with Crippen molar-refractivity contribution in [2.24, 2.45) is 0 Å². The zero-order valence-electron chi connectivity index (χ0n) is 14.3. The van der Waals surface area contributed by atoms with E-state index in [4.69, 9.17) is 9.47 Å². The molecule has 0 saturated heterocycles. The standard InChI is InChI=1S/C22H12O6/c23-19-15-13(11-7-3-1-4-8-11)14(12-9-5-2-6-10-12)16-18(17(15)21(25)27-19)22(26)28-20(16)24/h1-10,19,23H. The van der Waals surface area contributed by atoms with Gasteiger partial charge in [-0.25, -0.2) is 14.4 Å². The quantitative estimate of drug-likeness (QED) is 0.547. The van der Waals surface area contributed by atoms with E-state index in [1.807, 2.05) is 12.1 Å². The van der Waals surface area contributed by atoms with E-state index in [1.165, 1.54) is 0 Å². The lowest BCUT2D eigenvalue weighted by atomic mass is 9.82. The molecule has 0 aliphatic carbocycles. The van der Waals surface area contributed by atoms with Crippen LogP contribution in [0.5, 0.6) is 0 Å². The Morgan fingerprint density at radius 3 is 1.68 bits per heavy atom. The van der Waals surface area contributed by atoms with Gasteiger partial charge in [-0.05, 0) is 11.1 Å². The van der Waals surface area contributed by atoms with Crippen LogP contribution in [0.3, 0.4) is 0 Å². The second-order valence-electron chi connectivity index (χ2n) is 6.46. The van der Waals surface area contributed by atoms with E-state index in [2.05, 4.69) is 0 Å². The molecule has 28 heavy (non-hydrogen) atoms. The highest BCUT2D eigenvalue weighted by Crippen LogP contribution is 2.48. The molecule has 0 amide bonds. The van der Waals surface area contributed by atoms with Crippen molar-refractivity contribution in [1.29, 1.82) is 0 Å². The minimum atomic E-state index is -1.55. The third kappa shape index (κ3) is 2.15. The molecule has 0 bridgehead atoms. The van der Waals surface area contributed by atoms with Crippen molar-refractivity contribution in [3.63, 3.8) is 0 Å². The Bertz CT molecular complexity index is 1160. The third-order valence-electron chi connectivity index (χ3n) is 4.93. The molecule has 1 N–H and O–H groups in total. The molecule has 6 heteroatoms. The summed E-state index contributed by atoms with van der Waals surface area (Å²) in [5.74, 6) is -2.60. The summed E-state index contributed by atoms with van der Waals surface area (Å²) in [4.78, 5) is 37.4. The fraction of sp³-hybridized carbons (Fsp3) is 0.0455. The van der Waals surface area contributed by atoms with E-state index in [0.717, 1.165) is 0 Å². The van der Waals surface area contributed by atoms with Gasteiger partial charge in [0.05, 0.1) is 16.7 Å². The molecule has 1 atom stereocenters. The molecule has 2 heterocycles. The molecule has 3 aromatic carbocycles. The van der Waals surface area contributed by atoms with Gasteiger partial charge in [0.15, 0.2) is 0 Å². The van der Waals surface area contributed by atoms with Crippen molar-refractivity contribution >= 4 is 17.9 Å². The molecule has 0 fully saturated rings. The van der Waals surface area contributed by atoms with Crippen LogP contribution in [0.2, 0.25) is 0 Å². The van der Waals surface area contributed by atoms with Gasteiger partial charge >= 0.3 is 17.9 Å². The highest BCUT2D eigenvalue weighted by Gasteiger charge is 2.46. The molecule has 2 aliphatic heterocycles. The van der Waals surface area contributed by atoms with E-state index in [1.54, 1.807) is 48.5 Å². The minimum Gasteiger partial charge on any atom is -0.428 e. The number of aliphatic hydroxyl groups is 1. The Kier molecular flexibility index (Phi) is 3.44. The average molecular weight is 372 g/mol. The summed E-state index contributed by atoms with van der Waals surface area (Å²) in [6.07, 6.45) is -1.55. The van der Waals surface area contributed by atoms with Crippen molar-refractivity contribution in [3.05, 3.63) is 82.9 Å². The maximum atomic E-state index is 12.6. The van der Waals surface area contributed by atoms with Crippen LogP contribution in [0.1, 0.15) is 42.9 Å². The first-order valence-corrected chi connectivity index (χ1v) is 8.58. The summed E-state index contributed by atoms with van der Waals surface area (Å²) >= 11 is 0. The van der Waals surface area contributed by atoms with Crippen molar-refractivity contribution < 1.29 is 29.0 Å². The van der Waals surface area contributed by atoms with Crippen molar-refractivity contribution in [2.45, 2.75) is 6.29 Å². The zero-order chi connectivity index (χ0) is 19.4. The lowest BCUT2D eigenvalue weighted by Crippen LogP contribution is -2.08. The Balaban J connectivity index is 2.02.